The molecule has 5 nitrogen and oxygen atoms in total. The molecule has 4 aromatic heterocycles. The van der Waals surface area contributed by atoms with Gasteiger partial charge in [-0.2, -0.15) is 0 Å². The molecule has 15 aromatic carbocycles. The molecule has 0 saturated carbocycles. The van der Waals surface area contributed by atoms with E-state index < -0.39 is 0 Å². The SMILES string of the molecule is CN1c2ccccc2C(c2ccccc2)(c2ccccc2)c2ccccc21.Cc1cc(-n2c3ccccc3c3ccccc32)cc(-n2c3ccccc3c3ccccc32)c1.Cc1cccc(-n2c3ccc(C)cc3c3cc(C)ccc32)c1.Cc1cccc(-n2c3ccccc3c3ccccc32)c1. The van der Waals surface area contributed by atoms with E-state index >= 15 is 0 Å². The van der Waals surface area contributed by atoms with Crippen molar-refractivity contribution >= 4 is 98.6 Å². The Morgan fingerprint density at radius 2 is 0.471 bits per heavy atom. The van der Waals surface area contributed by atoms with Gasteiger partial charge in [0.05, 0.1) is 49.5 Å². The minimum Gasteiger partial charge on any atom is -0.344 e. The Morgan fingerprint density at radius 1 is 0.196 bits per heavy atom. The molecule has 0 radical (unpaired) electrons. The van der Waals surface area contributed by atoms with Gasteiger partial charge in [0.1, 0.15) is 0 Å². The number of aromatic nitrogens is 4. The molecule has 0 atom stereocenters. The lowest BCUT2D eigenvalue weighted by Gasteiger charge is -2.45. The average molecular weight is 1310 g/mol. The van der Waals surface area contributed by atoms with Crippen LogP contribution < -0.4 is 4.90 Å². The van der Waals surface area contributed by atoms with Crippen LogP contribution in [0.15, 0.2) is 358 Å². The summed E-state index contributed by atoms with van der Waals surface area (Å²) < 4.78 is 9.51. The van der Waals surface area contributed by atoms with Crippen molar-refractivity contribution in [2.45, 2.75) is 40.0 Å². The van der Waals surface area contributed by atoms with Crippen molar-refractivity contribution < 1.29 is 0 Å². The van der Waals surface area contributed by atoms with Crippen LogP contribution in [0.3, 0.4) is 0 Å². The van der Waals surface area contributed by atoms with E-state index in [2.05, 4.69) is 423 Å². The fourth-order valence-electron chi connectivity index (χ4n) is 16.3. The molecule has 19 aromatic rings. The van der Waals surface area contributed by atoms with Gasteiger partial charge in [-0.1, -0.05) is 254 Å². The Hall–Kier alpha value is -12.7. The number of para-hydroxylation sites is 8. The molecule has 102 heavy (non-hydrogen) atoms. The molecular weight excluding hydrogens is 1240 g/mol. The summed E-state index contributed by atoms with van der Waals surface area (Å²) >= 11 is 0. The van der Waals surface area contributed by atoms with Crippen molar-refractivity contribution in [3.05, 3.63) is 408 Å². The summed E-state index contributed by atoms with van der Waals surface area (Å²) in [5.74, 6) is 0. The van der Waals surface area contributed by atoms with Crippen LogP contribution in [-0.2, 0) is 5.41 Å². The third-order valence-corrected chi connectivity index (χ3v) is 20.7. The molecule has 490 valence electrons. The third-order valence-electron chi connectivity index (χ3n) is 20.7. The normalized spacial score (nSPS) is 12.3. The smallest absolute Gasteiger partial charge is 0.0742 e. The summed E-state index contributed by atoms with van der Waals surface area (Å²) in [4.78, 5) is 2.31. The van der Waals surface area contributed by atoms with Gasteiger partial charge >= 0.3 is 0 Å². The van der Waals surface area contributed by atoms with E-state index in [0.717, 1.165) is 0 Å². The second kappa shape index (κ2) is 26.2. The molecule has 1 aliphatic heterocycles. The summed E-state index contributed by atoms with van der Waals surface area (Å²) in [5.41, 5.74) is 28.7. The molecule has 0 N–H and O–H groups in total. The van der Waals surface area contributed by atoms with Crippen LogP contribution in [0.2, 0.25) is 0 Å². The van der Waals surface area contributed by atoms with Crippen LogP contribution >= 0.6 is 0 Å². The summed E-state index contributed by atoms with van der Waals surface area (Å²) in [6.45, 7) is 10.8. The molecule has 5 heteroatoms. The zero-order valence-electron chi connectivity index (χ0n) is 58.3. The molecule has 0 bridgehead atoms. The molecule has 20 rings (SSSR count). The van der Waals surface area contributed by atoms with Gasteiger partial charge in [0.15, 0.2) is 0 Å². The van der Waals surface area contributed by atoms with Crippen LogP contribution in [0.1, 0.15) is 50.1 Å². The molecule has 0 aliphatic carbocycles. The van der Waals surface area contributed by atoms with Crippen molar-refractivity contribution in [3.63, 3.8) is 0 Å². The van der Waals surface area contributed by atoms with Crippen molar-refractivity contribution in [2.24, 2.45) is 0 Å². The van der Waals surface area contributed by atoms with Gasteiger partial charge in [0.25, 0.3) is 0 Å². The zero-order valence-corrected chi connectivity index (χ0v) is 58.3. The maximum absolute atomic E-state index is 2.40. The van der Waals surface area contributed by atoms with Crippen molar-refractivity contribution in [2.75, 3.05) is 11.9 Å². The molecule has 0 unspecified atom stereocenters. The minimum absolute atomic E-state index is 0.331. The second-order valence-corrected chi connectivity index (χ2v) is 27.3. The molecule has 1 aliphatic rings. The Balaban J connectivity index is 0.000000103. The fourth-order valence-corrected chi connectivity index (χ4v) is 16.3. The number of anilines is 2. The maximum atomic E-state index is 2.40. The molecule has 0 fully saturated rings. The van der Waals surface area contributed by atoms with E-state index in [1.165, 1.54) is 171 Å². The fraction of sp³-hybridized carbons (Fsp3) is 0.0722. The molecule has 0 spiro atoms. The lowest BCUT2D eigenvalue weighted by Crippen LogP contribution is -2.37. The van der Waals surface area contributed by atoms with Gasteiger partial charge in [-0.3, -0.25) is 0 Å². The van der Waals surface area contributed by atoms with Gasteiger partial charge < -0.3 is 23.2 Å². The Labute approximate surface area is 595 Å². The Bertz CT molecular complexity index is 5920. The van der Waals surface area contributed by atoms with Gasteiger partial charge in [-0.15, -0.1) is 0 Å². The highest BCUT2D eigenvalue weighted by Gasteiger charge is 2.45. The summed E-state index contributed by atoms with van der Waals surface area (Å²) in [6, 6.07) is 129. The molecule has 5 heterocycles. The first kappa shape index (κ1) is 62.8. The van der Waals surface area contributed by atoms with E-state index in [1.807, 2.05) is 0 Å². The first-order chi connectivity index (χ1) is 50.1. The zero-order chi connectivity index (χ0) is 69.0. The van der Waals surface area contributed by atoms with Crippen LogP contribution in [0, 0.1) is 34.6 Å². The Morgan fingerprint density at radius 3 is 0.814 bits per heavy atom. The van der Waals surface area contributed by atoms with E-state index in [-0.39, 0.29) is 5.41 Å². The maximum Gasteiger partial charge on any atom is 0.0742 e. The largest absolute Gasteiger partial charge is 0.344 e. The second-order valence-electron chi connectivity index (χ2n) is 27.3. The van der Waals surface area contributed by atoms with Crippen LogP contribution in [-0.4, -0.2) is 25.3 Å². The summed E-state index contributed by atoms with van der Waals surface area (Å²) in [7, 11) is 2.16. The van der Waals surface area contributed by atoms with E-state index in [9.17, 15) is 0 Å². The van der Waals surface area contributed by atoms with Crippen molar-refractivity contribution in [1.29, 1.82) is 0 Å². The van der Waals surface area contributed by atoms with Gasteiger partial charge in [-0.05, 0) is 189 Å². The number of nitrogens with zero attached hydrogens (tertiary/aromatic N) is 5. The Kier molecular flexibility index (Phi) is 16.1. The third kappa shape index (κ3) is 10.8. The monoisotopic (exact) mass is 1310 g/mol. The number of rotatable bonds is 6. The highest BCUT2D eigenvalue weighted by Crippen LogP contribution is 2.55. The van der Waals surface area contributed by atoms with Gasteiger partial charge in [0, 0.05) is 84.3 Å². The molecule has 0 saturated heterocycles. The van der Waals surface area contributed by atoms with E-state index in [0.29, 0.717) is 0 Å². The quantitative estimate of drug-likeness (QED) is 0.163. The summed E-state index contributed by atoms with van der Waals surface area (Å²) in [6.07, 6.45) is 0. The predicted molar refractivity (Wildman–Crippen MR) is 433 cm³/mol. The van der Waals surface area contributed by atoms with Crippen LogP contribution in [0.4, 0.5) is 11.4 Å². The predicted octanol–water partition coefficient (Wildman–Crippen LogP) is 25.1. The van der Waals surface area contributed by atoms with Gasteiger partial charge in [-0.25, -0.2) is 0 Å². The minimum atomic E-state index is -0.331. The number of benzene rings is 15. The topological polar surface area (TPSA) is 23.0 Å². The van der Waals surface area contributed by atoms with Gasteiger partial charge in [0.2, 0.25) is 0 Å². The first-order valence-corrected chi connectivity index (χ1v) is 35.4. The number of fused-ring (bicyclic) bond motifs is 14. The molecule has 0 amide bonds. The highest BCUT2D eigenvalue weighted by atomic mass is 15.1. The highest BCUT2D eigenvalue weighted by molar-refractivity contribution is 6.12. The van der Waals surface area contributed by atoms with Crippen LogP contribution in [0.5, 0.6) is 0 Å². The average Bonchev–Trinajstić information content (AvgIpc) is 1.21. The number of aryl methyl sites for hydroxylation is 5. The van der Waals surface area contributed by atoms with E-state index in [1.54, 1.807) is 0 Å². The standard InChI is InChI=1S/C31H22N2.C26H21N.C21H19N.C19H15N/c1-21-18-22(32-28-14-6-2-10-24(28)25-11-3-7-15-29(25)32)20-23(19-21)33-30-16-8-4-12-26(30)27-13-5-9-17-31(27)33;1-27-24-18-10-8-16-22(24)26(20-12-4-2-5-13-20,21-14-6-3-7-15-21)23-17-9-11-19-25(23)27;1-14-5-4-6-17(11-14)22-20-9-7-15(2)12-18(20)19-13-16(3)8-10-21(19)22;1-14-7-6-8-15(13-14)20-18-11-4-2-9-16(18)17-10-3-5-12-19(17)20/h2-20H,1H3;2-19H,1H3;4-13H,1-3H3;2-13H,1H3. The van der Waals surface area contributed by atoms with Crippen LogP contribution in [0.25, 0.3) is 110 Å². The van der Waals surface area contributed by atoms with E-state index in [4.69, 9.17) is 0 Å². The van der Waals surface area contributed by atoms with Crippen molar-refractivity contribution in [3.8, 4) is 22.7 Å². The lowest BCUT2D eigenvalue weighted by atomic mass is 9.62. The lowest BCUT2D eigenvalue weighted by molar-refractivity contribution is 0.727. The first-order valence-electron chi connectivity index (χ1n) is 35.4. The van der Waals surface area contributed by atoms with Crippen molar-refractivity contribution in [1.82, 2.24) is 18.3 Å². The number of hydrogen-bond acceptors (Lipinski definition) is 1. The number of hydrogen-bond donors (Lipinski definition) is 0. The summed E-state index contributed by atoms with van der Waals surface area (Å²) in [5, 5.41) is 10.4. The molecular formula is C97H77N5.